The summed E-state index contributed by atoms with van der Waals surface area (Å²) in [5.74, 6) is 0.983. The average Bonchev–Trinajstić information content (AvgIpc) is 2.62. The van der Waals surface area contributed by atoms with Gasteiger partial charge in [-0.2, -0.15) is 0 Å². The first-order chi connectivity index (χ1) is 11.8. The minimum atomic E-state index is 0.341. The van der Waals surface area contributed by atoms with Gasteiger partial charge < -0.3 is 5.32 Å². The van der Waals surface area contributed by atoms with Crippen LogP contribution in [0.3, 0.4) is 0 Å². The monoisotopic (exact) mass is 342 g/mol. The van der Waals surface area contributed by atoms with E-state index in [9.17, 15) is 0 Å². The number of hydrogen-bond acceptors (Lipinski definition) is 4. The van der Waals surface area contributed by atoms with E-state index < -0.39 is 0 Å². The number of aromatic nitrogens is 2. The third-order valence-electron chi connectivity index (χ3n) is 4.95. The second-order valence-corrected chi connectivity index (χ2v) is 7.23. The fourth-order valence-electron chi connectivity index (χ4n) is 3.66. The van der Waals surface area contributed by atoms with Crippen molar-refractivity contribution in [3.8, 4) is 0 Å². The van der Waals surface area contributed by atoms with E-state index in [0.29, 0.717) is 6.04 Å². The van der Waals surface area contributed by atoms with Crippen LogP contribution in [0.5, 0.6) is 0 Å². The zero-order valence-electron chi connectivity index (χ0n) is 13.8. The summed E-state index contributed by atoms with van der Waals surface area (Å²) in [6.07, 6.45) is 6.72. The highest BCUT2D eigenvalue weighted by Crippen LogP contribution is 2.24. The fraction of sp³-hybridized carbons (Fsp3) is 0.474. The van der Waals surface area contributed by atoms with Crippen LogP contribution in [0.15, 0.2) is 30.5 Å². The SMILES string of the molecule is Clc1cccc(CN2CCc3nc([C@H]4CCCCN4)ncc3C2)c1. The van der Waals surface area contributed by atoms with E-state index in [-0.39, 0.29) is 0 Å². The van der Waals surface area contributed by atoms with Gasteiger partial charge in [-0.15, -0.1) is 0 Å². The van der Waals surface area contributed by atoms with Crippen LogP contribution in [-0.2, 0) is 19.5 Å². The van der Waals surface area contributed by atoms with Gasteiger partial charge in [0.05, 0.1) is 6.04 Å². The van der Waals surface area contributed by atoms with Gasteiger partial charge in [-0.1, -0.05) is 30.2 Å². The lowest BCUT2D eigenvalue weighted by atomic mass is 10.0. The summed E-state index contributed by atoms with van der Waals surface area (Å²) in [4.78, 5) is 12.0. The van der Waals surface area contributed by atoms with Gasteiger partial charge in [0.15, 0.2) is 0 Å². The molecule has 2 aliphatic rings. The lowest BCUT2D eigenvalue weighted by molar-refractivity contribution is 0.242. The molecule has 4 rings (SSSR count). The molecule has 126 valence electrons. The molecule has 2 aliphatic heterocycles. The number of nitrogens with zero attached hydrogens (tertiary/aromatic N) is 3. The van der Waals surface area contributed by atoms with E-state index in [1.54, 1.807) is 0 Å². The quantitative estimate of drug-likeness (QED) is 0.926. The van der Waals surface area contributed by atoms with E-state index in [1.165, 1.54) is 29.7 Å². The van der Waals surface area contributed by atoms with Gasteiger partial charge in [-0.3, -0.25) is 4.90 Å². The topological polar surface area (TPSA) is 41.1 Å². The van der Waals surface area contributed by atoms with Crippen molar-refractivity contribution in [2.45, 2.75) is 44.8 Å². The maximum absolute atomic E-state index is 6.09. The Morgan fingerprint density at radius 2 is 2.25 bits per heavy atom. The van der Waals surface area contributed by atoms with Gasteiger partial charge in [0.1, 0.15) is 5.82 Å². The van der Waals surface area contributed by atoms with Crippen LogP contribution in [0.2, 0.25) is 5.02 Å². The molecule has 0 spiro atoms. The molecule has 0 saturated carbocycles. The third-order valence-corrected chi connectivity index (χ3v) is 5.18. The smallest absolute Gasteiger partial charge is 0.145 e. The van der Waals surface area contributed by atoms with Crippen LogP contribution in [-0.4, -0.2) is 28.0 Å². The second-order valence-electron chi connectivity index (χ2n) is 6.79. The Morgan fingerprint density at radius 1 is 1.29 bits per heavy atom. The van der Waals surface area contributed by atoms with Crippen molar-refractivity contribution in [2.75, 3.05) is 13.1 Å². The number of benzene rings is 1. The first-order valence-electron chi connectivity index (χ1n) is 8.83. The van der Waals surface area contributed by atoms with Gasteiger partial charge in [0.2, 0.25) is 0 Å². The molecule has 0 amide bonds. The summed E-state index contributed by atoms with van der Waals surface area (Å²) in [6, 6.07) is 8.46. The lowest BCUT2D eigenvalue weighted by Crippen LogP contribution is -2.33. The number of rotatable bonds is 3. The molecule has 4 nitrogen and oxygen atoms in total. The molecule has 1 saturated heterocycles. The highest BCUT2D eigenvalue weighted by Gasteiger charge is 2.22. The average molecular weight is 343 g/mol. The number of hydrogen-bond donors (Lipinski definition) is 1. The van der Waals surface area contributed by atoms with Crippen LogP contribution in [0.4, 0.5) is 0 Å². The number of piperidine rings is 1. The number of nitrogens with one attached hydrogen (secondary N) is 1. The Morgan fingerprint density at radius 3 is 3.08 bits per heavy atom. The Bertz CT molecular complexity index is 712. The van der Waals surface area contributed by atoms with Crippen molar-refractivity contribution in [1.29, 1.82) is 0 Å². The van der Waals surface area contributed by atoms with Crippen LogP contribution in [0.25, 0.3) is 0 Å². The van der Waals surface area contributed by atoms with Gasteiger partial charge in [0.25, 0.3) is 0 Å². The molecule has 3 heterocycles. The Balaban J connectivity index is 1.45. The molecule has 5 heteroatoms. The Labute approximate surface area is 148 Å². The molecular formula is C19H23ClN4. The standard InChI is InChI=1S/C19H23ClN4/c20-16-5-3-4-14(10-16)12-24-9-7-17-15(13-24)11-22-19(23-17)18-6-1-2-8-21-18/h3-5,10-11,18,21H,1-2,6-9,12-13H2/t18-/m1/s1. The molecule has 1 atom stereocenters. The molecule has 0 radical (unpaired) electrons. The van der Waals surface area contributed by atoms with E-state index >= 15 is 0 Å². The minimum Gasteiger partial charge on any atom is -0.307 e. The van der Waals surface area contributed by atoms with Crippen LogP contribution in [0.1, 0.15) is 47.9 Å². The summed E-state index contributed by atoms with van der Waals surface area (Å²) >= 11 is 6.09. The Hall–Kier alpha value is -1.49. The third kappa shape index (κ3) is 3.61. The van der Waals surface area contributed by atoms with Crippen molar-refractivity contribution in [1.82, 2.24) is 20.2 Å². The number of halogens is 1. The molecule has 24 heavy (non-hydrogen) atoms. The predicted octanol–water partition coefficient (Wildman–Crippen LogP) is 3.50. The van der Waals surface area contributed by atoms with E-state index in [1.807, 2.05) is 24.4 Å². The largest absolute Gasteiger partial charge is 0.307 e. The molecule has 1 N–H and O–H groups in total. The van der Waals surface area contributed by atoms with Crippen LogP contribution in [0, 0.1) is 0 Å². The zero-order chi connectivity index (χ0) is 16.4. The highest BCUT2D eigenvalue weighted by atomic mass is 35.5. The maximum atomic E-state index is 6.09. The zero-order valence-corrected chi connectivity index (χ0v) is 14.6. The van der Waals surface area contributed by atoms with Crippen molar-refractivity contribution in [3.63, 3.8) is 0 Å². The normalized spacial score (nSPS) is 21.5. The molecule has 0 bridgehead atoms. The first-order valence-corrected chi connectivity index (χ1v) is 9.20. The van der Waals surface area contributed by atoms with Crippen molar-refractivity contribution in [2.24, 2.45) is 0 Å². The molecular weight excluding hydrogens is 320 g/mol. The fourth-order valence-corrected chi connectivity index (χ4v) is 3.87. The van der Waals surface area contributed by atoms with Crippen molar-refractivity contribution < 1.29 is 0 Å². The first kappa shape index (κ1) is 16.0. The molecule has 0 unspecified atom stereocenters. The molecule has 1 fully saturated rings. The molecule has 0 aliphatic carbocycles. The van der Waals surface area contributed by atoms with Crippen LogP contribution < -0.4 is 5.32 Å². The summed E-state index contributed by atoms with van der Waals surface area (Å²) in [7, 11) is 0. The van der Waals surface area contributed by atoms with Crippen molar-refractivity contribution in [3.05, 3.63) is 58.1 Å². The van der Waals surface area contributed by atoms with Gasteiger partial charge in [-0.25, -0.2) is 9.97 Å². The van der Waals surface area contributed by atoms with Gasteiger partial charge >= 0.3 is 0 Å². The summed E-state index contributed by atoms with van der Waals surface area (Å²) in [5.41, 5.74) is 3.76. The van der Waals surface area contributed by atoms with E-state index in [4.69, 9.17) is 16.6 Å². The predicted molar refractivity (Wildman–Crippen MR) is 95.9 cm³/mol. The summed E-state index contributed by atoms with van der Waals surface area (Å²) in [5, 5.41) is 4.34. The van der Waals surface area contributed by atoms with Crippen molar-refractivity contribution >= 4 is 11.6 Å². The lowest BCUT2D eigenvalue weighted by Gasteiger charge is -2.29. The molecule has 2 aromatic rings. The molecule has 1 aromatic carbocycles. The number of fused-ring (bicyclic) bond motifs is 1. The van der Waals surface area contributed by atoms with E-state index in [2.05, 4.69) is 21.3 Å². The minimum absolute atomic E-state index is 0.341. The van der Waals surface area contributed by atoms with Gasteiger partial charge in [0, 0.05) is 48.5 Å². The van der Waals surface area contributed by atoms with Crippen LogP contribution >= 0.6 is 11.6 Å². The molecule has 1 aromatic heterocycles. The maximum Gasteiger partial charge on any atom is 0.145 e. The van der Waals surface area contributed by atoms with E-state index in [0.717, 1.165) is 49.9 Å². The summed E-state index contributed by atoms with van der Waals surface area (Å²) < 4.78 is 0. The summed E-state index contributed by atoms with van der Waals surface area (Å²) in [6.45, 7) is 3.96. The van der Waals surface area contributed by atoms with Gasteiger partial charge in [-0.05, 0) is 37.1 Å². The Kier molecular flexibility index (Phi) is 4.79. The second kappa shape index (κ2) is 7.18. The highest BCUT2D eigenvalue weighted by molar-refractivity contribution is 6.30.